The average Bonchev–Trinajstić information content (AvgIpc) is 2.26. The van der Waals surface area contributed by atoms with Gasteiger partial charge >= 0.3 is 0 Å². The number of anilines is 1. The molecule has 0 saturated carbocycles. The quantitative estimate of drug-likeness (QED) is 0.787. The standard InChI is InChI=1S/C13H18ClN3OS/c1-8(2)6-17(7-12(15)18)11-4-3-9(14)5-10(11)13(16)19/h3-5,8H,6-7H2,1-2H3,(H2,15,18)(H2,16,19). The highest BCUT2D eigenvalue weighted by Crippen LogP contribution is 2.25. The van der Waals surface area contributed by atoms with Crippen LogP contribution in [-0.4, -0.2) is 24.0 Å². The molecule has 0 bridgehead atoms. The Morgan fingerprint density at radius 2 is 2.05 bits per heavy atom. The number of carbonyl (C=O) groups excluding carboxylic acids is 1. The van der Waals surface area contributed by atoms with Crippen molar-refractivity contribution in [2.45, 2.75) is 13.8 Å². The number of primary amides is 1. The van der Waals surface area contributed by atoms with E-state index >= 15 is 0 Å². The summed E-state index contributed by atoms with van der Waals surface area (Å²) in [5.41, 5.74) is 12.4. The fraction of sp³-hybridized carbons (Fsp3) is 0.385. The second-order valence-electron chi connectivity index (χ2n) is 4.77. The van der Waals surface area contributed by atoms with E-state index in [0.717, 1.165) is 5.69 Å². The van der Waals surface area contributed by atoms with Gasteiger partial charge in [0.2, 0.25) is 5.91 Å². The second kappa shape index (κ2) is 6.73. The Bertz CT molecular complexity index is 491. The highest BCUT2D eigenvalue weighted by Gasteiger charge is 2.16. The molecule has 0 unspecified atom stereocenters. The van der Waals surface area contributed by atoms with Crippen molar-refractivity contribution in [3.05, 3.63) is 28.8 Å². The fourth-order valence-corrected chi connectivity index (χ4v) is 2.19. The van der Waals surface area contributed by atoms with Crippen molar-refractivity contribution in [3.8, 4) is 0 Å². The Kier molecular flexibility index (Phi) is 5.57. The van der Waals surface area contributed by atoms with Crippen LogP contribution in [0.4, 0.5) is 5.69 Å². The average molecular weight is 300 g/mol. The van der Waals surface area contributed by atoms with Gasteiger partial charge in [0, 0.05) is 22.8 Å². The van der Waals surface area contributed by atoms with E-state index in [1.165, 1.54) is 0 Å². The molecular weight excluding hydrogens is 282 g/mol. The van der Waals surface area contributed by atoms with E-state index in [4.69, 9.17) is 35.3 Å². The summed E-state index contributed by atoms with van der Waals surface area (Å²) in [6.07, 6.45) is 0. The predicted molar refractivity (Wildman–Crippen MR) is 83.6 cm³/mol. The number of hydrogen-bond donors (Lipinski definition) is 2. The third kappa shape index (κ3) is 4.69. The molecule has 4 nitrogen and oxygen atoms in total. The molecule has 0 aliphatic heterocycles. The molecule has 0 aromatic heterocycles. The minimum atomic E-state index is -0.399. The highest BCUT2D eigenvalue weighted by molar-refractivity contribution is 7.80. The third-order valence-corrected chi connectivity index (χ3v) is 2.95. The molecule has 1 aromatic rings. The van der Waals surface area contributed by atoms with Crippen LogP contribution in [0.1, 0.15) is 19.4 Å². The number of nitrogens with zero attached hydrogens (tertiary/aromatic N) is 1. The Morgan fingerprint density at radius 1 is 1.42 bits per heavy atom. The zero-order valence-corrected chi connectivity index (χ0v) is 12.6. The number of halogens is 1. The lowest BCUT2D eigenvalue weighted by Crippen LogP contribution is -2.37. The number of benzene rings is 1. The molecule has 0 aliphatic rings. The first-order valence-electron chi connectivity index (χ1n) is 5.94. The second-order valence-corrected chi connectivity index (χ2v) is 5.64. The molecule has 0 fully saturated rings. The summed E-state index contributed by atoms with van der Waals surface area (Å²) < 4.78 is 0. The lowest BCUT2D eigenvalue weighted by Gasteiger charge is -2.27. The van der Waals surface area contributed by atoms with Gasteiger partial charge in [-0.25, -0.2) is 0 Å². The number of hydrogen-bond acceptors (Lipinski definition) is 3. The molecule has 0 aliphatic carbocycles. The van der Waals surface area contributed by atoms with Gasteiger partial charge < -0.3 is 16.4 Å². The van der Waals surface area contributed by atoms with Crippen molar-refractivity contribution < 1.29 is 4.79 Å². The molecule has 104 valence electrons. The molecule has 1 rings (SSSR count). The lowest BCUT2D eigenvalue weighted by molar-refractivity contribution is -0.116. The summed E-state index contributed by atoms with van der Waals surface area (Å²) in [4.78, 5) is 13.3. The van der Waals surface area contributed by atoms with Crippen LogP contribution in [0.5, 0.6) is 0 Å². The molecule has 1 aromatic carbocycles. The molecular formula is C13H18ClN3OS. The summed E-state index contributed by atoms with van der Waals surface area (Å²) in [6.45, 7) is 4.92. The van der Waals surface area contributed by atoms with Crippen molar-refractivity contribution in [1.29, 1.82) is 0 Å². The molecule has 1 amide bonds. The zero-order chi connectivity index (χ0) is 14.6. The Morgan fingerprint density at radius 3 is 2.53 bits per heavy atom. The van der Waals surface area contributed by atoms with Gasteiger partial charge in [-0.3, -0.25) is 4.79 Å². The van der Waals surface area contributed by atoms with Gasteiger partial charge in [0.25, 0.3) is 0 Å². The van der Waals surface area contributed by atoms with E-state index < -0.39 is 5.91 Å². The Hall–Kier alpha value is -1.33. The summed E-state index contributed by atoms with van der Waals surface area (Å²) in [5, 5.41) is 0.551. The molecule has 6 heteroatoms. The maximum Gasteiger partial charge on any atom is 0.236 e. The van der Waals surface area contributed by atoms with Crippen LogP contribution < -0.4 is 16.4 Å². The van der Waals surface area contributed by atoms with Gasteiger partial charge in [0.05, 0.1) is 6.54 Å². The number of rotatable bonds is 6. The van der Waals surface area contributed by atoms with E-state index in [1.54, 1.807) is 12.1 Å². The monoisotopic (exact) mass is 299 g/mol. The van der Waals surface area contributed by atoms with E-state index in [-0.39, 0.29) is 11.5 Å². The first kappa shape index (κ1) is 15.7. The lowest BCUT2D eigenvalue weighted by atomic mass is 10.1. The first-order valence-corrected chi connectivity index (χ1v) is 6.72. The first-order chi connectivity index (χ1) is 8.81. The maximum atomic E-state index is 11.2. The molecule has 4 N–H and O–H groups in total. The van der Waals surface area contributed by atoms with E-state index in [0.29, 0.717) is 23.0 Å². The molecule has 0 radical (unpaired) electrons. The fourth-order valence-electron chi connectivity index (χ4n) is 1.86. The van der Waals surface area contributed by atoms with Gasteiger partial charge in [-0.15, -0.1) is 0 Å². The van der Waals surface area contributed by atoms with Crippen LogP contribution >= 0.6 is 23.8 Å². The van der Waals surface area contributed by atoms with Crippen molar-refractivity contribution in [2.75, 3.05) is 18.0 Å². The summed E-state index contributed by atoms with van der Waals surface area (Å²) in [6, 6.07) is 5.25. The minimum Gasteiger partial charge on any atom is -0.389 e. The normalized spacial score (nSPS) is 10.5. The smallest absolute Gasteiger partial charge is 0.236 e. The van der Waals surface area contributed by atoms with Crippen molar-refractivity contribution >= 4 is 40.4 Å². The van der Waals surface area contributed by atoms with E-state index in [9.17, 15) is 4.79 Å². The van der Waals surface area contributed by atoms with Crippen LogP contribution in [0.3, 0.4) is 0 Å². The predicted octanol–water partition coefficient (Wildman–Crippen LogP) is 1.92. The summed E-state index contributed by atoms with van der Waals surface area (Å²) in [7, 11) is 0. The molecule has 0 atom stereocenters. The SMILES string of the molecule is CC(C)CN(CC(N)=O)c1ccc(Cl)cc1C(N)=S. The van der Waals surface area contributed by atoms with Crippen LogP contribution in [0.15, 0.2) is 18.2 Å². The van der Waals surface area contributed by atoms with Gasteiger partial charge in [-0.05, 0) is 24.1 Å². The van der Waals surface area contributed by atoms with Crippen molar-refractivity contribution in [3.63, 3.8) is 0 Å². The Balaban J connectivity index is 3.20. The van der Waals surface area contributed by atoms with Gasteiger partial charge in [0.1, 0.15) is 4.99 Å². The van der Waals surface area contributed by atoms with Gasteiger partial charge in [0.15, 0.2) is 0 Å². The third-order valence-electron chi connectivity index (χ3n) is 2.50. The number of nitrogens with two attached hydrogens (primary N) is 2. The van der Waals surface area contributed by atoms with Crippen LogP contribution in [0.2, 0.25) is 5.02 Å². The van der Waals surface area contributed by atoms with Crippen LogP contribution in [0.25, 0.3) is 0 Å². The van der Waals surface area contributed by atoms with Crippen molar-refractivity contribution in [1.82, 2.24) is 0 Å². The van der Waals surface area contributed by atoms with Crippen molar-refractivity contribution in [2.24, 2.45) is 17.4 Å². The molecule has 0 spiro atoms. The minimum absolute atomic E-state index is 0.120. The Labute approximate surface area is 123 Å². The number of amides is 1. The molecule has 0 heterocycles. The van der Waals surface area contributed by atoms with E-state index in [1.807, 2.05) is 11.0 Å². The number of thiocarbonyl (C=S) groups is 1. The number of carbonyl (C=O) groups is 1. The molecule has 0 saturated heterocycles. The summed E-state index contributed by atoms with van der Waals surface area (Å²) in [5.74, 6) is -0.0290. The molecule has 19 heavy (non-hydrogen) atoms. The topological polar surface area (TPSA) is 72.3 Å². The zero-order valence-electron chi connectivity index (χ0n) is 11.0. The van der Waals surface area contributed by atoms with E-state index in [2.05, 4.69) is 13.8 Å². The largest absolute Gasteiger partial charge is 0.389 e. The maximum absolute atomic E-state index is 11.2. The van der Waals surface area contributed by atoms with Crippen LogP contribution in [-0.2, 0) is 4.79 Å². The van der Waals surface area contributed by atoms with Gasteiger partial charge in [-0.2, -0.15) is 0 Å². The van der Waals surface area contributed by atoms with Crippen LogP contribution in [0, 0.1) is 5.92 Å². The summed E-state index contributed by atoms with van der Waals surface area (Å²) >= 11 is 11.0. The highest BCUT2D eigenvalue weighted by atomic mass is 35.5. The van der Waals surface area contributed by atoms with Gasteiger partial charge in [-0.1, -0.05) is 37.7 Å².